The van der Waals surface area contributed by atoms with Crippen LogP contribution in [0.25, 0.3) is 5.69 Å². The second-order valence-electron chi connectivity index (χ2n) is 4.91. The summed E-state index contributed by atoms with van der Waals surface area (Å²) in [5.74, 6) is -2.05. The molecule has 2 rings (SSSR count). The van der Waals surface area contributed by atoms with Crippen molar-refractivity contribution in [3.63, 3.8) is 0 Å². The normalized spacial score (nSPS) is 11.0. The van der Waals surface area contributed by atoms with Gasteiger partial charge in [0.15, 0.2) is 5.69 Å². The summed E-state index contributed by atoms with van der Waals surface area (Å²) in [7, 11) is 1.05. The van der Waals surface area contributed by atoms with Gasteiger partial charge in [-0.1, -0.05) is 0 Å². The van der Waals surface area contributed by atoms with Gasteiger partial charge in [-0.25, -0.2) is 4.79 Å². The van der Waals surface area contributed by atoms with Crippen LogP contribution in [-0.4, -0.2) is 23.6 Å². The van der Waals surface area contributed by atoms with Crippen LogP contribution >= 0.6 is 0 Å². The zero-order valence-electron chi connectivity index (χ0n) is 12.7. The molecule has 2 aromatic rings. The molecule has 4 N–H and O–H groups in total. The number of nitrogens with two attached hydrogens (primary N) is 2. The zero-order valence-corrected chi connectivity index (χ0v) is 12.7. The Morgan fingerprint density at radius 2 is 1.92 bits per heavy atom. The number of halogens is 3. The number of amides is 1. The number of esters is 1. The van der Waals surface area contributed by atoms with Gasteiger partial charge in [0, 0.05) is 17.4 Å². The van der Waals surface area contributed by atoms with Gasteiger partial charge in [0.25, 0.3) is 0 Å². The van der Waals surface area contributed by atoms with E-state index < -0.39 is 29.2 Å². The number of hydrogen-bond donors (Lipinski definition) is 2. The standard InChI is InChI=1S/C15H11F3N4O3/c1-25-14(24)12-11(20)8(5-19)6-22(12)10-3-7(13(21)23)2-9(4-10)15(16,17)18/h2-4,6H,20H2,1H3,(H2,21,23). The maximum Gasteiger partial charge on any atom is 0.416 e. The van der Waals surface area contributed by atoms with Crippen molar-refractivity contribution < 1.29 is 27.5 Å². The lowest BCUT2D eigenvalue weighted by Gasteiger charge is -2.13. The molecule has 130 valence electrons. The predicted molar refractivity (Wildman–Crippen MR) is 79.8 cm³/mol. The van der Waals surface area contributed by atoms with Gasteiger partial charge >= 0.3 is 12.1 Å². The fourth-order valence-corrected chi connectivity index (χ4v) is 2.17. The van der Waals surface area contributed by atoms with Crippen LogP contribution in [0.1, 0.15) is 32.0 Å². The molecule has 25 heavy (non-hydrogen) atoms. The summed E-state index contributed by atoms with van der Waals surface area (Å²) in [6.07, 6.45) is -3.69. The Bertz CT molecular complexity index is 910. The fourth-order valence-electron chi connectivity index (χ4n) is 2.17. The van der Waals surface area contributed by atoms with Gasteiger partial charge in [-0.05, 0) is 18.2 Å². The average molecular weight is 352 g/mol. The lowest BCUT2D eigenvalue weighted by atomic mass is 10.1. The first-order chi connectivity index (χ1) is 11.6. The number of anilines is 1. The van der Waals surface area contributed by atoms with Crippen LogP contribution in [0.15, 0.2) is 24.4 Å². The molecule has 7 nitrogen and oxygen atoms in total. The highest BCUT2D eigenvalue weighted by Gasteiger charge is 2.32. The molecule has 0 aliphatic carbocycles. The summed E-state index contributed by atoms with van der Waals surface area (Å²) in [5, 5.41) is 9.03. The number of carbonyl (C=O) groups excluding carboxylic acids is 2. The summed E-state index contributed by atoms with van der Waals surface area (Å²) in [5.41, 5.74) is 8.23. The summed E-state index contributed by atoms with van der Waals surface area (Å²) < 4.78 is 44.7. The Morgan fingerprint density at radius 1 is 1.28 bits per heavy atom. The highest BCUT2D eigenvalue weighted by Crippen LogP contribution is 2.33. The third-order valence-electron chi connectivity index (χ3n) is 3.35. The van der Waals surface area contributed by atoms with E-state index in [1.165, 1.54) is 0 Å². The van der Waals surface area contributed by atoms with E-state index in [2.05, 4.69) is 4.74 Å². The van der Waals surface area contributed by atoms with Crippen LogP contribution in [-0.2, 0) is 10.9 Å². The Morgan fingerprint density at radius 3 is 2.40 bits per heavy atom. The summed E-state index contributed by atoms with van der Waals surface area (Å²) in [4.78, 5) is 23.3. The van der Waals surface area contributed by atoms with Crippen molar-refractivity contribution in [1.29, 1.82) is 5.26 Å². The minimum Gasteiger partial charge on any atom is -0.464 e. The number of methoxy groups -OCH3 is 1. The number of hydrogen-bond acceptors (Lipinski definition) is 5. The van der Waals surface area contributed by atoms with Crippen LogP contribution < -0.4 is 11.5 Å². The van der Waals surface area contributed by atoms with E-state index in [1.807, 2.05) is 0 Å². The molecule has 1 amide bonds. The number of nitrogen functional groups attached to an aromatic ring is 1. The van der Waals surface area contributed by atoms with E-state index in [0.717, 1.165) is 23.9 Å². The summed E-state index contributed by atoms with van der Waals surface area (Å²) in [6.45, 7) is 0. The van der Waals surface area contributed by atoms with Crippen molar-refractivity contribution in [3.8, 4) is 11.8 Å². The SMILES string of the molecule is COC(=O)c1c(N)c(C#N)cn1-c1cc(C(N)=O)cc(C(F)(F)F)c1. The van der Waals surface area contributed by atoms with Gasteiger partial charge in [-0.15, -0.1) is 0 Å². The van der Waals surface area contributed by atoms with Gasteiger partial charge in [0.2, 0.25) is 5.91 Å². The van der Waals surface area contributed by atoms with Crippen molar-refractivity contribution in [2.24, 2.45) is 5.73 Å². The molecule has 0 radical (unpaired) electrons. The second kappa shape index (κ2) is 6.20. The first kappa shape index (κ1) is 17.9. The number of aromatic nitrogens is 1. The number of alkyl halides is 3. The van der Waals surface area contributed by atoms with Crippen LogP contribution in [0.3, 0.4) is 0 Å². The molecular formula is C15H11F3N4O3. The molecule has 0 saturated heterocycles. The molecule has 0 aliphatic rings. The van der Waals surface area contributed by atoms with E-state index >= 15 is 0 Å². The van der Waals surface area contributed by atoms with Crippen molar-refractivity contribution >= 4 is 17.6 Å². The topological polar surface area (TPSA) is 124 Å². The van der Waals surface area contributed by atoms with Gasteiger partial charge in [0.05, 0.1) is 23.9 Å². The Balaban J connectivity index is 2.82. The van der Waals surface area contributed by atoms with E-state index in [4.69, 9.17) is 16.7 Å². The zero-order chi connectivity index (χ0) is 18.9. The van der Waals surface area contributed by atoms with Gasteiger partial charge in [-0.2, -0.15) is 18.4 Å². The minimum absolute atomic E-state index is 0.140. The summed E-state index contributed by atoms with van der Waals surface area (Å²) >= 11 is 0. The monoisotopic (exact) mass is 352 g/mol. The molecule has 0 atom stereocenters. The Kier molecular flexibility index (Phi) is 4.43. The predicted octanol–water partition coefficient (Wildman–Crippen LogP) is 1.84. The lowest BCUT2D eigenvalue weighted by molar-refractivity contribution is -0.137. The summed E-state index contributed by atoms with van der Waals surface area (Å²) in [6, 6.07) is 4.04. The van der Waals surface area contributed by atoms with Crippen LogP contribution in [0.2, 0.25) is 0 Å². The third kappa shape index (κ3) is 3.25. The maximum absolute atomic E-state index is 13.1. The number of ether oxygens (including phenoxy) is 1. The maximum atomic E-state index is 13.1. The van der Waals surface area contributed by atoms with Gasteiger partial charge in [-0.3, -0.25) is 4.79 Å². The molecule has 0 unspecified atom stereocenters. The Labute approximate surface area is 139 Å². The van der Waals surface area contributed by atoms with Crippen molar-refractivity contribution in [3.05, 3.63) is 46.8 Å². The molecule has 0 aliphatic heterocycles. The Hall–Kier alpha value is -3.48. The van der Waals surface area contributed by atoms with E-state index in [1.54, 1.807) is 6.07 Å². The fraction of sp³-hybridized carbons (Fsp3) is 0.133. The number of benzene rings is 1. The minimum atomic E-state index is -4.76. The largest absolute Gasteiger partial charge is 0.464 e. The number of rotatable bonds is 3. The number of nitriles is 1. The van der Waals surface area contributed by atoms with Gasteiger partial charge < -0.3 is 20.8 Å². The molecule has 0 saturated carbocycles. The molecule has 1 aromatic heterocycles. The second-order valence-corrected chi connectivity index (χ2v) is 4.91. The smallest absolute Gasteiger partial charge is 0.416 e. The quantitative estimate of drug-likeness (QED) is 0.816. The highest BCUT2D eigenvalue weighted by atomic mass is 19.4. The molecule has 0 bridgehead atoms. The lowest BCUT2D eigenvalue weighted by Crippen LogP contribution is -2.16. The van der Waals surface area contributed by atoms with E-state index in [9.17, 15) is 22.8 Å². The first-order valence-electron chi connectivity index (χ1n) is 6.61. The highest BCUT2D eigenvalue weighted by molar-refractivity contribution is 5.97. The van der Waals surface area contributed by atoms with Crippen LogP contribution in [0.4, 0.5) is 18.9 Å². The van der Waals surface area contributed by atoms with E-state index in [0.29, 0.717) is 12.1 Å². The molecule has 0 fully saturated rings. The molecular weight excluding hydrogens is 341 g/mol. The molecule has 1 heterocycles. The molecule has 10 heteroatoms. The number of carbonyl (C=O) groups is 2. The van der Waals surface area contributed by atoms with Gasteiger partial charge in [0.1, 0.15) is 6.07 Å². The van der Waals surface area contributed by atoms with Crippen molar-refractivity contribution in [1.82, 2.24) is 4.57 Å². The number of primary amides is 1. The van der Waals surface area contributed by atoms with Crippen molar-refractivity contribution in [2.75, 3.05) is 12.8 Å². The van der Waals surface area contributed by atoms with Crippen LogP contribution in [0.5, 0.6) is 0 Å². The molecule has 1 aromatic carbocycles. The van der Waals surface area contributed by atoms with E-state index in [-0.39, 0.29) is 22.6 Å². The van der Waals surface area contributed by atoms with Crippen molar-refractivity contribution in [2.45, 2.75) is 6.18 Å². The first-order valence-corrected chi connectivity index (χ1v) is 6.61. The van der Waals surface area contributed by atoms with Crippen LogP contribution in [0, 0.1) is 11.3 Å². The number of nitrogens with zero attached hydrogens (tertiary/aromatic N) is 2. The average Bonchev–Trinajstić information content (AvgIpc) is 2.89. The molecule has 0 spiro atoms. The third-order valence-corrected chi connectivity index (χ3v) is 3.35.